The first-order valence-corrected chi connectivity index (χ1v) is 5.74. The Kier molecular flexibility index (Phi) is 4.89. The molecule has 0 radical (unpaired) electrons. The van der Waals surface area contributed by atoms with Crippen molar-refractivity contribution in [1.29, 1.82) is 0 Å². The highest BCUT2D eigenvalue weighted by Gasteiger charge is 2.13. The van der Waals surface area contributed by atoms with Crippen molar-refractivity contribution < 1.29 is 4.79 Å². The van der Waals surface area contributed by atoms with Crippen molar-refractivity contribution in [3.63, 3.8) is 0 Å². The number of aryl methyl sites for hydroxylation is 1. The molecule has 0 atom stereocenters. The predicted octanol–water partition coefficient (Wildman–Crippen LogP) is 1.84. The van der Waals surface area contributed by atoms with Crippen molar-refractivity contribution in [1.82, 2.24) is 15.5 Å². The fourth-order valence-electron chi connectivity index (χ4n) is 1.50. The van der Waals surface area contributed by atoms with Gasteiger partial charge in [-0.1, -0.05) is 13.8 Å². The summed E-state index contributed by atoms with van der Waals surface area (Å²) >= 11 is 0. The molecule has 1 rings (SSSR count). The van der Waals surface area contributed by atoms with E-state index in [1.807, 2.05) is 32.9 Å². The van der Waals surface area contributed by atoms with E-state index in [0.717, 1.165) is 24.2 Å². The number of nitrogens with one attached hydrogen (secondary N) is 1. The van der Waals surface area contributed by atoms with Crippen LogP contribution < -0.4 is 5.32 Å². The average molecular weight is 221 g/mol. The third kappa shape index (κ3) is 3.61. The van der Waals surface area contributed by atoms with Crippen LogP contribution in [-0.2, 0) is 11.3 Å². The fraction of sp³-hybridized carbons (Fsp3) is 0.583. The van der Waals surface area contributed by atoms with Gasteiger partial charge >= 0.3 is 0 Å². The van der Waals surface area contributed by atoms with Crippen molar-refractivity contribution in [2.24, 2.45) is 5.92 Å². The van der Waals surface area contributed by atoms with Crippen molar-refractivity contribution in [2.45, 2.75) is 40.2 Å². The van der Waals surface area contributed by atoms with Crippen LogP contribution in [0.3, 0.4) is 0 Å². The van der Waals surface area contributed by atoms with Crippen LogP contribution >= 0.6 is 0 Å². The lowest BCUT2D eigenvalue weighted by Crippen LogP contribution is -2.30. The lowest BCUT2D eigenvalue weighted by molar-refractivity contribution is -0.125. The van der Waals surface area contributed by atoms with E-state index in [-0.39, 0.29) is 11.8 Å². The highest BCUT2D eigenvalue weighted by Crippen LogP contribution is 2.07. The highest BCUT2D eigenvalue weighted by molar-refractivity contribution is 5.78. The standard InChI is InChI=1S/C12H19N3O/c1-4-10(5-2)12(16)13-8-11-7-6-9(3)14-15-11/h6-7,10H,4-5,8H2,1-3H3,(H,13,16). The van der Waals surface area contributed by atoms with Crippen LogP contribution in [0, 0.1) is 12.8 Å². The Balaban J connectivity index is 2.45. The van der Waals surface area contributed by atoms with E-state index in [1.165, 1.54) is 0 Å². The first-order valence-electron chi connectivity index (χ1n) is 5.74. The zero-order valence-corrected chi connectivity index (χ0v) is 10.2. The van der Waals surface area contributed by atoms with Crippen molar-refractivity contribution in [3.05, 3.63) is 23.5 Å². The first kappa shape index (κ1) is 12.6. The topological polar surface area (TPSA) is 54.9 Å². The third-order valence-electron chi connectivity index (χ3n) is 2.65. The number of rotatable bonds is 5. The van der Waals surface area contributed by atoms with Crippen LogP contribution in [0.25, 0.3) is 0 Å². The summed E-state index contributed by atoms with van der Waals surface area (Å²) in [4.78, 5) is 11.7. The lowest BCUT2D eigenvalue weighted by Gasteiger charge is -2.12. The number of carbonyl (C=O) groups excluding carboxylic acids is 1. The van der Waals surface area contributed by atoms with E-state index in [2.05, 4.69) is 15.5 Å². The minimum absolute atomic E-state index is 0.104. The average Bonchev–Trinajstić information content (AvgIpc) is 2.30. The van der Waals surface area contributed by atoms with Gasteiger partial charge in [-0.05, 0) is 31.9 Å². The van der Waals surface area contributed by atoms with Crippen LogP contribution in [0.4, 0.5) is 0 Å². The van der Waals surface area contributed by atoms with Crippen LogP contribution in [0.1, 0.15) is 38.1 Å². The number of hydrogen-bond donors (Lipinski definition) is 1. The van der Waals surface area contributed by atoms with Gasteiger partial charge in [0.1, 0.15) is 0 Å². The summed E-state index contributed by atoms with van der Waals surface area (Å²) in [6.07, 6.45) is 1.75. The Hall–Kier alpha value is -1.45. The van der Waals surface area contributed by atoms with Gasteiger partial charge in [0, 0.05) is 5.92 Å². The van der Waals surface area contributed by atoms with Crippen molar-refractivity contribution in [3.8, 4) is 0 Å². The van der Waals surface area contributed by atoms with E-state index in [0.29, 0.717) is 6.54 Å². The molecule has 0 spiro atoms. The summed E-state index contributed by atoms with van der Waals surface area (Å²) in [5.74, 6) is 0.214. The van der Waals surface area contributed by atoms with Crippen molar-refractivity contribution in [2.75, 3.05) is 0 Å². The summed E-state index contributed by atoms with van der Waals surface area (Å²) in [6, 6.07) is 3.78. The minimum atomic E-state index is 0.104. The summed E-state index contributed by atoms with van der Waals surface area (Å²) in [6.45, 7) is 6.40. The summed E-state index contributed by atoms with van der Waals surface area (Å²) in [5, 5.41) is 10.8. The molecular formula is C12H19N3O. The molecule has 0 saturated heterocycles. The van der Waals surface area contributed by atoms with Gasteiger partial charge in [-0.2, -0.15) is 10.2 Å². The second-order valence-electron chi connectivity index (χ2n) is 3.90. The molecular weight excluding hydrogens is 202 g/mol. The minimum Gasteiger partial charge on any atom is -0.350 e. The van der Waals surface area contributed by atoms with Crippen LogP contribution in [0.5, 0.6) is 0 Å². The smallest absolute Gasteiger partial charge is 0.223 e. The number of aromatic nitrogens is 2. The molecule has 1 heterocycles. The second-order valence-corrected chi connectivity index (χ2v) is 3.90. The van der Waals surface area contributed by atoms with Crippen molar-refractivity contribution >= 4 is 5.91 Å². The first-order chi connectivity index (χ1) is 7.67. The number of nitrogens with zero attached hydrogens (tertiary/aromatic N) is 2. The Labute approximate surface area is 96.5 Å². The molecule has 88 valence electrons. The Morgan fingerprint density at radius 2 is 2.00 bits per heavy atom. The van der Waals surface area contributed by atoms with Crippen LogP contribution in [0.2, 0.25) is 0 Å². The summed E-state index contributed by atoms with van der Waals surface area (Å²) < 4.78 is 0. The summed E-state index contributed by atoms with van der Waals surface area (Å²) in [7, 11) is 0. The second kappa shape index (κ2) is 6.20. The molecule has 1 amide bonds. The Bertz CT molecular complexity index is 331. The highest BCUT2D eigenvalue weighted by atomic mass is 16.1. The molecule has 1 aromatic heterocycles. The van der Waals surface area contributed by atoms with Gasteiger partial charge in [0.25, 0.3) is 0 Å². The molecule has 0 saturated carbocycles. The Morgan fingerprint density at radius 1 is 1.31 bits per heavy atom. The third-order valence-corrected chi connectivity index (χ3v) is 2.65. The predicted molar refractivity (Wildman–Crippen MR) is 62.7 cm³/mol. The monoisotopic (exact) mass is 221 g/mol. The van der Waals surface area contributed by atoms with E-state index >= 15 is 0 Å². The molecule has 0 aromatic carbocycles. The van der Waals surface area contributed by atoms with E-state index in [1.54, 1.807) is 0 Å². The zero-order chi connectivity index (χ0) is 12.0. The van der Waals surface area contributed by atoms with Gasteiger partial charge in [-0.25, -0.2) is 0 Å². The normalized spacial score (nSPS) is 10.5. The molecule has 0 unspecified atom stereocenters. The fourth-order valence-corrected chi connectivity index (χ4v) is 1.50. The molecule has 1 aromatic rings. The quantitative estimate of drug-likeness (QED) is 0.825. The van der Waals surface area contributed by atoms with Gasteiger partial charge in [0.05, 0.1) is 17.9 Å². The lowest BCUT2D eigenvalue weighted by atomic mass is 10.0. The molecule has 4 heteroatoms. The molecule has 0 aliphatic carbocycles. The van der Waals surface area contributed by atoms with E-state index in [9.17, 15) is 4.79 Å². The largest absolute Gasteiger partial charge is 0.350 e. The molecule has 1 N–H and O–H groups in total. The Morgan fingerprint density at radius 3 is 2.50 bits per heavy atom. The SMILES string of the molecule is CCC(CC)C(=O)NCc1ccc(C)nn1. The van der Waals surface area contributed by atoms with Gasteiger partial charge in [-0.3, -0.25) is 4.79 Å². The molecule has 0 aliphatic heterocycles. The maximum Gasteiger partial charge on any atom is 0.223 e. The van der Waals surface area contributed by atoms with Gasteiger partial charge < -0.3 is 5.32 Å². The molecule has 0 fully saturated rings. The summed E-state index contributed by atoms with van der Waals surface area (Å²) in [5.41, 5.74) is 1.68. The van der Waals surface area contributed by atoms with Gasteiger partial charge in [-0.15, -0.1) is 0 Å². The number of amides is 1. The molecule has 16 heavy (non-hydrogen) atoms. The van der Waals surface area contributed by atoms with E-state index < -0.39 is 0 Å². The van der Waals surface area contributed by atoms with E-state index in [4.69, 9.17) is 0 Å². The number of carbonyl (C=O) groups is 1. The van der Waals surface area contributed by atoms with Gasteiger partial charge in [0.15, 0.2) is 0 Å². The van der Waals surface area contributed by atoms with Crippen LogP contribution in [0.15, 0.2) is 12.1 Å². The van der Waals surface area contributed by atoms with Gasteiger partial charge in [0.2, 0.25) is 5.91 Å². The molecule has 0 aliphatic rings. The maximum atomic E-state index is 11.7. The number of hydrogen-bond acceptors (Lipinski definition) is 3. The molecule has 4 nitrogen and oxygen atoms in total. The molecule has 0 bridgehead atoms. The maximum absolute atomic E-state index is 11.7. The van der Waals surface area contributed by atoms with Crippen LogP contribution in [-0.4, -0.2) is 16.1 Å². The zero-order valence-electron chi connectivity index (χ0n) is 10.2.